The number of carbonyl (C=O) groups is 1. The summed E-state index contributed by atoms with van der Waals surface area (Å²) in [6.45, 7) is 0.722. The van der Waals surface area contributed by atoms with Gasteiger partial charge in [-0.1, -0.05) is 30.3 Å². The number of rotatable bonds is 1. The summed E-state index contributed by atoms with van der Waals surface area (Å²) >= 11 is 0. The smallest absolute Gasteiger partial charge is 0.366 e. The maximum Gasteiger partial charge on any atom is 0.366 e. The molecule has 1 aromatic rings. The molecule has 1 atom stereocenters. The van der Waals surface area contributed by atoms with Crippen LogP contribution in [0.25, 0.3) is 6.08 Å². The molecule has 2 rings (SSSR count). The first-order valence-electron chi connectivity index (χ1n) is 4.59. The van der Waals surface area contributed by atoms with Crippen molar-refractivity contribution in [3.05, 3.63) is 41.5 Å². The Bertz CT molecular complexity index is 390. The fourth-order valence-corrected chi connectivity index (χ4v) is 1.61. The van der Waals surface area contributed by atoms with Crippen LogP contribution in [0.2, 0.25) is 0 Å². The summed E-state index contributed by atoms with van der Waals surface area (Å²) in [7, 11) is 0. The lowest BCUT2D eigenvalue weighted by Gasteiger charge is -2.04. The molecule has 0 fully saturated rings. The molecule has 0 spiro atoms. The van der Waals surface area contributed by atoms with Gasteiger partial charge in [-0.05, 0) is 11.6 Å². The highest BCUT2D eigenvalue weighted by atomic mass is 35.5. The Kier molecular flexibility index (Phi) is 3.88. The predicted molar refractivity (Wildman–Crippen MR) is 52.5 cm³/mol. The number of fused-ring (bicyclic) bond motifs is 1. The predicted octanol–water partition coefficient (Wildman–Crippen LogP) is -2.77. The van der Waals surface area contributed by atoms with E-state index in [2.05, 4.69) is 0 Å². The van der Waals surface area contributed by atoms with E-state index in [0.717, 1.165) is 12.1 Å². The maximum atomic E-state index is 10.8. The quantitative estimate of drug-likeness (QED) is 0.544. The van der Waals surface area contributed by atoms with Crippen LogP contribution in [0.5, 0.6) is 0 Å². The SMILES string of the molecule is O=C(O)C1C=Cc2ccccc2C[NH2+]1.[Cl-]. The molecule has 0 radical (unpaired) electrons. The fourth-order valence-electron chi connectivity index (χ4n) is 1.61. The van der Waals surface area contributed by atoms with Crippen molar-refractivity contribution in [2.75, 3.05) is 0 Å². The lowest BCUT2D eigenvalue weighted by atomic mass is 10.1. The molecule has 4 heteroatoms. The third kappa shape index (κ3) is 2.58. The first kappa shape index (κ1) is 11.8. The first-order valence-corrected chi connectivity index (χ1v) is 4.59. The van der Waals surface area contributed by atoms with Gasteiger partial charge in [-0.15, -0.1) is 0 Å². The molecule has 15 heavy (non-hydrogen) atoms. The average Bonchev–Trinajstić information content (AvgIpc) is 2.39. The lowest BCUT2D eigenvalue weighted by Crippen LogP contribution is -3.00. The molecule has 1 unspecified atom stereocenters. The fraction of sp³-hybridized carbons (Fsp3) is 0.182. The summed E-state index contributed by atoms with van der Waals surface area (Å²) < 4.78 is 0. The Morgan fingerprint density at radius 3 is 2.87 bits per heavy atom. The lowest BCUT2D eigenvalue weighted by molar-refractivity contribution is -0.683. The van der Waals surface area contributed by atoms with Gasteiger partial charge in [0.1, 0.15) is 6.54 Å². The number of benzene rings is 1. The molecule has 0 saturated carbocycles. The molecule has 0 saturated heterocycles. The van der Waals surface area contributed by atoms with Gasteiger partial charge in [-0.25, -0.2) is 4.79 Å². The average molecular weight is 226 g/mol. The van der Waals surface area contributed by atoms with Crippen LogP contribution in [0.4, 0.5) is 0 Å². The van der Waals surface area contributed by atoms with Crippen LogP contribution in [0.1, 0.15) is 11.1 Å². The summed E-state index contributed by atoms with van der Waals surface area (Å²) in [6, 6.07) is 7.51. The van der Waals surface area contributed by atoms with Crippen LogP contribution >= 0.6 is 0 Å². The first-order chi connectivity index (χ1) is 6.77. The standard InChI is InChI=1S/C11H11NO2.ClH/c13-11(14)10-6-5-8-3-1-2-4-9(8)7-12-10;/h1-6,10,12H,7H2,(H,13,14);1H. The minimum atomic E-state index is -0.783. The van der Waals surface area contributed by atoms with Crippen LogP contribution in [-0.2, 0) is 11.3 Å². The van der Waals surface area contributed by atoms with Crippen LogP contribution in [0.15, 0.2) is 30.3 Å². The minimum Gasteiger partial charge on any atom is -1.00 e. The van der Waals surface area contributed by atoms with Gasteiger partial charge >= 0.3 is 5.97 Å². The van der Waals surface area contributed by atoms with Crippen LogP contribution in [0.3, 0.4) is 0 Å². The highest BCUT2D eigenvalue weighted by molar-refractivity contribution is 5.76. The molecule has 0 aromatic heterocycles. The normalized spacial score (nSPS) is 18.5. The van der Waals surface area contributed by atoms with Crippen molar-refractivity contribution in [3.63, 3.8) is 0 Å². The van der Waals surface area contributed by atoms with Gasteiger partial charge in [0.2, 0.25) is 6.04 Å². The van der Waals surface area contributed by atoms with E-state index >= 15 is 0 Å². The van der Waals surface area contributed by atoms with Gasteiger partial charge in [-0.3, -0.25) is 0 Å². The number of nitrogens with two attached hydrogens (primary N) is 1. The largest absolute Gasteiger partial charge is 1.00 e. The second-order valence-corrected chi connectivity index (χ2v) is 3.36. The number of halogens is 1. The number of aliphatic carboxylic acids is 1. The van der Waals surface area contributed by atoms with Gasteiger partial charge in [0.25, 0.3) is 0 Å². The molecule has 0 aliphatic carbocycles. The molecule has 3 nitrogen and oxygen atoms in total. The summed E-state index contributed by atoms with van der Waals surface area (Å²) in [5.41, 5.74) is 2.31. The van der Waals surface area contributed by atoms with Gasteiger partial charge in [0.05, 0.1) is 0 Å². The summed E-state index contributed by atoms with van der Waals surface area (Å²) in [4.78, 5) is 10.8. The number of hydrogen-bond donors (Lipinski definition) is 2. The maximum absolute atomic E-state index is 10.8. The van der Waals surface area contributed by atoms with Gasteiger partial charge < -0.3 is 22.8 Å². The van der Waals surface area contributed by atoms with Gasteiger partial charge in [0.15, 0.2) is 0 Å². The zero-order valence-electron chi connectivity index (χ0n) is 8.06. The van der Waals surface area contributed by atoms with E-state index in [1.165, 1.54) is 5.56 Å². The Hall–Kier alpha value is -1.32. The van der Waals surface area contributed by atoms with Gasteiger partial charge in [-0.2, -0.15) is 0 Å². The number of carboxylic acid groups (broad SMARTS) is 1. The number of hydrogen-bond acceptors (Lipinski definition) is 1. The zero-order valence-corrected chi connectivity index (χ0v) is 8.82. The van der Waals surface area contributed by atoms with Crippen molar-refractivity contribution >= 4 is 12.0 Å². The van der Waals surface area contributed by atoms with E-state index in [0.29, 0.717) is 0 Å². The van der Waals surface area contributed by atoms with Crippen LogP contribution in [-0.4, -0.2) is 17.1 Å². The van der Waals surface area contributed by atoms with Crippen LogP contribution in [0, 0.1) is 0 Å². The summed E-state index contributed by atoms with van der Waals surface area (Å²) in [6.07, 6.45) is 3.62. The van der Waals surface area contributed by atoms with E-state index in [1.807, 2.05) is 35.7 Å². The van der Waals surface area contributed by atoms with Crippen molar-refractivity contribution in [2.24, 2.45) is 0 Å². The van der Waals surface area contributed by atoms with E-state index in [-0.39, 0.29) is 12.4 Å². The summed E-state index contributed by atoms with van der Waals surface area (Å²) in [5, 5.41) is 10.7. The molecule has 0 amide bonds. The Balaban J connectivity index is 0.00000112. The topological polar surface area (TPSA) is 53.9 Å². The third-order valence-corrected chi connectivity index (χ3v) is 2.42. The minimum absolute atomic E-state index is 0. The second kappa shape index (κ2) is 4.96. The van der Waals surface area contributed by atoms with Crippen molar-refractivity contribution in [3.8, 4) is 0 Å². The van der Waals surface area contributed by atoms with E-state index in [9.17, 15) is 4.79 Å². The second-order valence-electron chi connectivity index (χ2n) is 3.36. The number of quaternary nitrogens is 1. The van der Waals surface area contributed by atoms with Gasteiger partial charge in [0, 0.05) is 5.56 Å². The molecular weight excluding hydrogens is 214 g/mol. The molecule has 1 heterocycles. The highest BCUT2D eigenvalue weighted by Gasteiger charge is 2.19. The zero-order chi connectivity index (χ0) is 9.97. The molecule has 1 aliphatic heterocycles. The molecule has 1 aromatic carbocycles. The van der Waals surface area contributed by atoms with Crippen molar-refractivity contribution in [1.82, 2.24) is 0 Å². The Morgan fingerprint density at radius 2 is 2.13 bits per heavy atom. The molecule has 80 valence electrons. The Morgan fingerprint density at radius 1 is 1.40 bits per heavy atom. The van der Waals surface area contributed by atoms with Crippen molar-refractivity contribution in [1.29, 1.82) is 0 Å². The molecule has 1 aliphatic rings. The summed E-state index contributed by atoms with van der Waals surface area (Å²) in [5.74, 6) is -0.783. The molecule has 3 N–H and O–H groups in total. The van der Waals surface area contributed by atoms with E-state index in [4.69, 9.17) is 5.11 Å². The molecule has 0 bridgehead atoms. The van der Waals surface area contributed by atoms with E-state index in [1.54, 1.807) is 6.08 Å². The highest BCUT2D eigenvalue weighted by Crippen LogP contribution is 2.11. The third-order valence-electron chi connectivity index (χ3n) is 2.42. The number of carboxylic acids is 1. The molecular formula is C11H12ClNO2. The van der Waals surface area contributed by atoms with Crippen LogP contribution < -0.4 is 17.7 Å². The van der Waals surface area contributed by atoms with Crippen molar-refractivity contribution < 1.29 is 27.6 Å². The van der Waals surface area contributed by atoms with E-state index < -0.39 is 12.0 Å². The Labute approximate surface area is 94.2 Å². The van der Waals surface area contributed by atoms with Crippen molar-refractivity contribution in [2.45, 2.75) is 12.6 Å². The monoisotopic (exact) mass is 225 g/mol.